The van der Waals surface area contributed by atoms with Crippen molar-refractivity contribution in [3.05, 3.63) is 46.2 Å². The van der Waals surface area contributed by atoms with Crippen LogP contribution in [0.5, 0.6) is 0 Å². The summed E-state index contributed by atoms with van der Waals surface area (Å²) in [5.41, 5.74) is 2.34. The van der Waals surface area contributed by atoms with Crippen LogP contribution in [0.15, 0.2) is 27.5 Å². The summed E-state index contributed by atoms with van der Waals surface area (Å²) in [4.78, 5) is 37.5. The van der Waals surface area contributed by atoms with E-state index >= 15 is 0 Å². The van der Waals surface area contributed by atoms with E-state index in [2.05, 4.69) is 5.32 Å². The first-order chi connectivity index (χ1) is 12.7. The Bertz CT molecular complexity index is 885. The van der Waals surface area contributed by atoms with Crippen LogP contribution in [0.1, 0.15) is 51.5 Å². The van der Waals surface area contributed by atoms with Crippen molar-refractivity contribution in [3.63, 3.8) is 0 Å². The second kappa shape index (κ2) is 8.90. The Morgan fingerprint density at radius 1 is 1.15 bits per heavy atom. The molecule has 2 rings (SSSR count). The average Bonchev–Trinajstić information content (AvgIpc) is 2.90. The van der Waals surface area contributed by atoms with Crippen molar-refractivity contribution < 1.29 is 23.5 Å². The second-order valence-corrected chi connectivity index (χ2v) is 7.14. The molecule has 2 aromatic rings. The molecule has 0 aliphatic carbocycles. The largest absolute Gasteiger partial charge is 0.462 e. The molecule has 0 aliphatic rings. The summed E-state index contributed by atoms with van der Waals surface area (Å²) in [6.07, 6.45) is 0. The number of carbonyl (C=O) groups is 3. The third-order valence-electron chi connectivity index (χ3n) is 3.86. The van der Waals surface area contributed by atoms with Gasteiger partial charge in [-0.3, -0.25) is 14.9 Å². The first kappa shape index (κ1) is 20.8. The number of benzene rings is 1. The molecule has 0 bridgehead atoms. The minimum Gasteiger partial charge on any atom is -0.462 e. The van der Waals surface area contributed by atoms with Crippen molar-refractivity contribution in [1.29, 1.82) is 0 Å². The number of hydrogen-bond acceptors (Lipinski definition) is 6. The molecule has 0 aliphatic heterocycles. The monoisotopic (exact) mass is 389 g/mol. The molecule has 0 saturated carbocycles. The van der Waals surface area contributed by atoms with Gasteiger partial charge in [0.1, 0.15) is 11.3 Å². The predicted octanol–water partition coefficient (Wildman–Crippen LogP) is 4.31. The third-order valence-corrected chi connectivity index (χ3v) is 5.03. The molecule has 0 unspecified atom stereocenters. The molecule has 1 aromatic heterocycles. The van der Waals surface area contributed by atoms with E-state index in [1.54, 1.807) is 13.8 Å². The zero-order valence-electron chi connectivity index (χ0n) is 16.1. The Hall–Kier alpha value is -2.54. The van der Waals surface area contributed by atoms with E-state index in [0.717, 1.165) is 16.0 Å². The van der Waals surface area contributed by atoms with E-state index in [1.807, 2.05) is 32.0 Å². The maximum absolute atomic E-state index is 12.4. The van der Waals surface area contributed by atoms with Gasteiger partial charge in [0.25, 0.3) is 0 Å². The number of furan rings is 1. The lowest BCUT2D eigenvalue weighted by Gasteiger charge is -2.08. The summed E-state index contributed by atoms with van der Waals surface area (Å²) in [6, 6.07) is 6.01. The number of rotatable bonds is 7. The summed E-state index contributed by atoms with van der Waals surface area (Å²) in [6.45, 7) is 8.72. The second-order valence-electron chi connectivity index (χ2n) is 6.12. The molecule has 0 atom stereocenters. The molecule has 144 valence electrons. The fourth-order valence-corrected chi connectivity index (χ4v) is 3.53. The van der Waals surface area contributed by atoms with E-state index in [0.29, 0.717) is 0 Å². The third kappa shape index (κ3) is 5.01. The standard InChI is InChI=1S/C20H23NO5S/c1-6-25-20(24)18-17(13(4)22)14(5)26-19(18)21-16(23)10-27-15-8-7-11(2)9-12(15)3/h7-9H,6,10H2,1-5H3,(H,21,23). The van der Waals surface area contributed by atoms with Crippen molar-refractivity contribution in [2.24, 2.45) is 0 Å². The van der Waals surface area contributed by atoms with Crippen LogP contribution in [0, 0.1) is 20.8 Å². The number of Topliss-reactive ketones (excluding diaryl/α,β-unsaturated/α-hetero) is 1. The highest BCUT2D eigenvalue weighted by atomic mass is 32.2. The number of thioether (sulfide) groups is 1. The molecule has 6 nitrogen and oxygen atoms in total. The van der Waals surface area contributed by atoms with Gasteiger partial charge in [-0.2, -0.15) is 0 Å². The highest BCUT2D eigenvalue weighted by Crippen LogP contribution is 2.29. The molecule has 1 heterocycles. The van der Waals surface area contributed by atoms with Crippen molar-refractivity contribution >= 4 is 35.3 Å². The average molecular weight is 389 g/mol. The predicted molar refractivity (Wildman–Crippen MR) is 105 cm³/mol. The topological polar surface area (TPSA) is 85.6 Å². The highest BCUT2D eigenvalue weighted by molar-refractivity contribution is 8.00. The molecular weight excluding hydrogens is 366 g/mol. The first-order valence-corrected chi connectivity index (χ1v) is 9.54. The Labute approximate surface area is 162 Å². The van der Waals surface area contributed by atoms with Gasteiger partial charge in [0.2, 0.25) is 11.8 Å². The van der Waals surface area contributed by atoms with Crippen LogP contribution in [0.25, 0.3) is 0 Å². The number of hydrogen-bond donors (Lipinski definition) is 1. The summed E-state index contributed by atoms with van der Waals surface area (Å²) >= 11 is 1.39. The van der Waals surface area contributed by atoms with Gasteiger partial charge in [-0.1, -0.05) is 17.7 Å². The van der Waals surface area contributed by atoms with Crippen LogP contribution in [0.3, 0.4) is 0 Å². The Morgan fingerprint density at radius 2 is 1.85 bits per heavy atom. The Morgan fingerprint density at radius 3 is 2.44 bits per heavy atom. The maximum Gasteiger partial charge on any atom is 0.344 e. The van der Waals surface area contributed by atoms with Crippen molar-refractivity contribution in [1.82, 2.24) is 0 Å². The molecule has 27 heavy (non-hydrogen) atoms. The van der Waals surface area contributed by atoms with Crippen LogP contribution >= 0.6 is 11.8 Å². The molecule has 0 fully saturated rings. The lowest BCUT2D eigenvalue weighted by molar-refractivity contribution is -0.113. The van der Waals surface area contributed by atoms with Gasteiger partial charge in [-0.05, 0) is 46.2 Å². The molecule has 1 aromatic carbocycles. The maximum atomic E-state index is 12.4. The van der Waals surface area contributed by atoms with E-state index in [9.17, 15) is 14.4 Å². The molecule has 7 heteroatoms. The van der Waals surface area contributed by atoms with Crippen molar-refractivity contribution in [3.8, 4) is 0 Å². The Kier molecular flexibility index (Phi) is 6.85. The van der Waals surface area contributed by atoms with Gasteiger partial charge in [0.05, 0.1) is 17.9 Å². The fraction of sp³-hybridized carbons (Fsp3) is 0.350. The number of nitrogens with one attached hydrogen (secondary N) is 1. The zero-order valence-corrected chi connectivity index (χ0v) is 16.9. The lowest BCUT2D eigenvalue weighted by Crippen LogP contribution is -2.17. The van der Waals surface area contributed by atoms with Crippen molar-refractivity contribution in [2.45, 2.75) is 39.5 Å². The first-order valence-electron chi connectivity index (χ1n) is 8.55. The van der Waals surface area contributed by atoms with Gasteiger partial charge in [0.15, 0.2) is 5.78 Å². The number of amides is 1. The fourth-order valence-electron chi connectivity index (χ4n) is 2.72. The number of ketones is 1. The van der Waals surface area contributed by atoms with Crippen LogP contribution in [-0.4, -0.2) is 30.0 Å². The van der Waals surface area contributed by atoms with Gasteiger partial charge in [-0.15, -0.1) is 11.8 Å². The minimum atomic E-state index is -0.697. The van der Waals surface area contributed by atoms with Crippen LogP contribution in [-0.2, 0) is 9.53 Å². The summed E-state index contributed by atoms with van der Waals surface area (Å²) < 4.78 is 10.5. The molecule has 0 spiro atoms. The molecule has 1 N–H and O–H groups in total. The summed E-state index contributed by atoms with van der Waals surface area (Å²) in [5.74, 6) is -1.01. The Balaban J connectivity index is 2.18. The van der Waals surface area contributed by atoms with Crippen molar-refractivity contribution in [2.75, 3.05) is 17.7 Å². The quantitative estimate of drug-likeness (QED) is 0.431. The van der Waals surface area contributed by atoms with Crippen LogP contribution in [0.2, 0.25) is 0 Å². The van der Waals surface area contributed by atoms with Gasteiger partial charge >= 0.3 is 5.97 Å². The minimum absolute atomic E-state index is 0.0354. The van der Waals surface area contributed by atoms with E-state index in [1.165, 1.54) is 18.7 Å². The molecule has 1 amide bonds. The van der Waals surface area contributed by atoms with Gasteiger partial charge < -0.3 is 9.15 Å². The zero-order chi connectivity index (χ0) is 20.1. The van der Waals surface area contributed by atoms with E-state index in [-0.39, 0.29) is 46.8 Å². The number of anilines is 1. The summed E-state index contributed by atoms with van der Waals surface area (Å²) in [7, 11) is 0. The highest BCUT2D eigenvalue weighted by Gasteiger charge is 2.28. The number of ether oxygens (including phenoxy) is 1. The number of carbonyl (C=O) groups excluding carboxylic acids is 3. The van der Waals surface area contributed by atoms with E-state index < -0.39 is 5.97 Å². The lowest BCUT2D eigenvalue weighted by atomic mass is 10.1. The van der Waals surface area contributed by atoms with Gasteiger partial charge in [-0.25, -0.2) is 4.79 Å². The van der Waals surface area contributed by atoms with Gasteiger partial charge in [0, 0.05) is 4.90 Å². The number of esters is 1. The molecular formula is C20H23NO5S. The SMILES string of the molecule is CCOC(=O)c1c(NC(=O)CSc2ccc(C)cc2C)oc(C)c1C(C)=O. The molecule has 0 saturated heterocycles. The summed E-state index contributed by atoms with van der Waals surface area (Å²) in [5, 5.41) is 2.59. The number of aryl methyl sites for hydroxylation is 3. The van der Waals surface area contributed by atoms with E-state index in [4.69, 9.17) is 9.15 Å². The normalized spacial score (nSPS) is 10.6. The van der Waals surface area contributed by atoms with Crippen LogP contribution < -0.4 is 5.32 Å². The smallest absolute Gasteiger partial charge is 0.344 e. The molecule has 0 radical (unpaired) electrons. The van der Waals surface area contributed by atoms with Crippen LogP contribution in [0.4, 0.5) is 5.88 Å².